The van der Waals surface area contributed by atoms with Crippen molar-refractivity contribution in [1.29, 1.82) is 0 Å². The van der Waals surface area contributed by atoms with Gasteiger partial charge >= 0.3 is 0 Å². The third-order valence-corrected chi connectivity index (χ3v) is 6.71. The second-order valence-electron chi connectivity index (χ2n) is 7.75. The number of methoxy groups -OCH3 is 2. The highest BCUT2D eigenvalue weighted by atomic mass is 32.2. The normalized spacial score (nSPS) is 12.0. The first-order valence-corrected chi connectivity index (χ1v) is 11.9. The first-order chi connectivity index (χ1) is 15.6. The molecule has 1 atom stereocenters. The number of sulfonamides is 1. The van der Waals surface area contributed by atoms with Gasteiger partial charge in [0.2, 0.25) is 0 Å². The van der Waals surface area contributed by atoms with Crippen molar-refractivity contribution in [3.63, 3.8) is 0 Å². The van der Waals surface area contributed by atoms with E-state index < -0.39 is 10.0 Å². The molecule has 0 unspecified atom stereocenters. The van der Waals surface area contributed by atoms with Gasteiger partial charge in [-0.25, -0.2) is 8.42 Å². The smallest absolute Gasteiger partial charge is 0.261 e. The van der Waals surface area contributed by atoms with Gasteiger partial charge in [-0.05, 0) is 68.8 Å². The molecule has 3 aromatic carbocycles. The first-order valence-electron chi connectivity index (χ1n) is 10.4. The average Bonchev–Trinajstić information content (AvgIpc) is 2.80. The fraction of sp³-hybridized carbons (Fsp3) is 0.240. The molecule has 0 saturated carbocycles. The van der Waals surface area contributed by atoms with Gasteiger partial charge in [0, 0.05) is 11.1 Å². The molecule has 0 aliphatic rings. The summed E-state index contributed by atoms with van der Waals surface area (Å²) < 4.78 is 38.9. The standard InChI is InChI=1S/C25H28N2O5S/c1-16-6-11-21(12-7-16)33(29,30)27-23-14-19(9-8-17(23)2)25(28)26-18(3)22-15-20(31-4)10-13-24(22)32-5/h6-15,18,27H,1-5H3,(H,26,28)/t18-/m0/s1. The predicted octanol–water partition coefficient (Wildman–Crippen LogP) is 4.61. The summed E-state index contributed by atoms with van der Waals surface area (Å²) in [5.74, 6) is 0.928. The molecular formula is C25H28N2O5S. The number of aryl methyl sites for hydroxylation is 2. The van der Waals surface area contributed by atoms with Crippen LogP contribution in [0.3, 0.4) is 0 Å². The molecule has 0 aliphatic carbocycles. The first kappa shape index (κ1) is 24.1. The summed E-state index contributed by atoms with van der Waals surface area (Å²) >= 11 is 0. The van der Waals surface area contributed by atoms with Gasteiger partial charge in [-0.3, -0.25) is 9.52 Å². The number of anilines is 1. The zero-order chi connectivity index (χ0) is 24.2. The van der Waals surface area contributed by atoms with Gasteiger partial charge in [-0.15, -0.1) is 0 Å². The zero-order valence-corrected chi connectivity index (χ0v) is 20.1. The summed E-state index contributed by atoms with van der Waals surface area (Å²) in [6.07, 6.45) is 0. The zero-order valence-electron chi connectivity index (χ0n) is 19.3. The predicted molar refractivity (Wildman–Crippen MR) is 129 cm³/mol. The van der Waals surface area contributed by atoms with Crippen LogP contribution in [0.5, 0.6) is 11.5 Å². The van der Waals surface area contributed by atoms with E-state index in [4.69, 9.17) is 9.47 Å². The number of rotatable bonds is 8. The van der Waals surface area contributed by atoms with Crippen LogP contribution >= 0.6 is 0 Å². The molecule has 2 N–H and O–H groups in total. The summed E-state index contributed by atoms with van der Waals surface area (Å²) in [5.41, 5.74) is 3.10. The number of hydrogen-bond acceptors (Lipinski definition) is 5. The van der Waals surface area contributed by atoms with Crippen molar-refractivity contribution in [3.8, 4) is 11.5 Å². The highest BCUT2D eigenvalue weighted by Gasteiger charge is 2.19. The summed E-state index contributed by atoms with van der Waals surface area (Å²) in [5, 5.41) is 2.93. The number of carbonyl (C=O) groups excluding carboxylic acids is 1. The van der Waals surface area contributed by atoms with Crippen LogP contribution in [-0.2, 0) is 10.0 Å². The number of benzene rings is 3. The molecule has 1 amide bonds. The monoisotopic (exact) mass is 468 g/mol. The molecule has 0 bridgehead atoms. The molecule has 7 nitrogen and oxygen atoms in total. The minimum atomic E-state index is -3.79. The molecule has 0 fully saturated rings. The van der Waals surface area contributed by atoms with E-state index in [-0.39, 0.29) is 16.8 Å². The van der Waals surface area contributed by atoms with Gasteiger partial charge in [0.05, 0.1) is 30.8 Å². The minimum Gasteiger partial charge on any atom is -0.497 e. The van der Waals surface area contributed by atoms with Gasteiger partial charge in [-0.1, -0.05) is 23.8 Å². The van der Waals surface area contributed by atoms with Gasteiger partial charge in [0.1, 0.15) is 11.5 Å². The third-order valence-electron chi connectivity index (χ3n) is 5.33. The average molecular weight is 469 g/mol. The molecule has 3 aromatic rings. The van der Waals surface area contributed by atoms with Gasteiger partial charge < -0.3 is 14.8 Å². The van der Waals surface area contributed by atoms with Gasteiger partial charge in [0.15, 0.2) is 0 Å². The van der Waals surface area contributed by atoms with E-state index in [0.717, 1.165) is 11.1 Å². The van der Waals surface area contributed by atoms with Gasteiger partial charge in [-0.2, -0.15) is 0 Å². The van der Waals surface area contributed by atoms with E-state index in [9.17, 15) is 13.2 Å². The Kier molecular flexibility index (Phi) is 7.28. The minimum absolute atomic E-state index is 0.154. The van der Waals surface area contributed by atoms with Crippen LogP contribution in [0.1, 0.15) is 40.0 Å². The molecule has 0 radical (unpaired) electrons. The summed E-state index contributed by atoms with van der Waals surface area (Å²) in [6, 6.07) is 16.5. The summed E-state index contributed by atoms with van der Waals surface area (Å²) in [7, 11) is -0.658. The van der Waals surface area contributed by atoms with Crippen molar-refractivity contribution in [2.75, 3.05) is 18.9 Å². The lowest BCUT2D eigenvalue weighted by Gasteiger charge is -2.19. The number of amides is 1. The fourth-order valence-electron chi connectivity index (χ4n) is 3.33. The lowest BCUT2D eigenvalue weighted by atomic mass is 10.1. The van der Waals surface area contributed by atoms with Crippen LogP contribution in [0.15, 0.2) is 65.6 Å². The summed E-state index contributed by atoms with van der Waals surface area (Å²) in [4.78, 5) is 13.1. The maximum absolute atomic E-state index is 13.0. The molecule has 8 heteroatoms. The van der Waals surface area contributed by atoms with E-state index >= 15 is 0 Å². The van der Waals surface area contributed by atoms with Crippen molar-refractivity contribution < 1.29 is 22.7 Å². The Morgan fingerprint density at radius 1 is 0.909 bits per heavy atom. The molecule has 174 valence electrons. The molecular weight excluding hydrogens is 440 g/mol. The second-order valence-corrected chi connectivity index (χ2v) is 9.43. The van der Waals surface area contributed by atoms with Crippen LogP contribution in [0.2, 0.25) is 0 Å². The summed E-state index contributed by atoms with van der Waals surface area (Å²) in [6.45, 7) is 5.50. The molecule has 0 aliphatic heterocycles. The number of nitrogens with one attached hydrogen (secondary N) is 2. The maximum Gasteiger partial charge on any atom is 0.261 e. The molecule has 0 spiro atoms. The SMILES string of the molecule is COc1ccc(OC)c([C@H](C)NC(=O)c2ccc(C)c(NS(=O)(=O)c3ccc(C)cc3)c2)c1. The van der Waals surface area contributed by atoms with Crippen LogP contribution in [0, 0.1) is 13.8 Å². The molecule has 0 heterocycles. The van der Waals surface area contributed by atoms with Crippen molar-refractivity contribution in [2.45, 2.75) is 31.7 Å². The largest absolute Gasteiger partial charge is 0.497 e. The van der Waals surface area contributed by atoms with Crippen LogP contribution in [0.25, 0.3) is 0 Å². The van der Waals surface area contributed by atoms with Crippen molar-refractivity contribution in [3.05, 3.63) is 82.9 Å². The molecule has 33 heavy (non-hydrogen) atoms. The Hall–Kier alpha value is -3.52. The van der Waals surface area contributed by atoms with Crippen molar-refractivity contribution in [1.82, 2.24) is 5.32 Å². The van der Waals surface area contributed by atoms with E-state index in [1.54, 1.807) is 75.7 Å². The van der Waals surface area contributed by atoms with Crippen LogP contribution in [0.4, 0.5) is 5.69 Å². The maximum atomic E-state index is 13.0. The Morgan fingerprint density at radius 2 is 1.61 bits per heavy atom. The highest BCUT2D eigenvalue weighted by Crippen LogP contribution is 2.29. The van der Waals surface area contributed by atoms with E-state index in [2.05, 4.69) is 10.0 Å². The molecule has 0 aromatic heterocycles. The third kappa shape index (κ3) is 5.64. The number of hydrogen-bond donors (Lipinski definition) is 2. The molecule has 3 rings (SSSR count). The van der Waals surface area contributed by atoms with Crippen molar-refractivity contribution >= 4 is 21.6 Å². The van der Waals surface area contributed by atoms with Crippen molar-refractivity contribution in [2.24, 2.45) is 0 Å². The number of ether oxygens (including phenoxy) is 2. The quantitative estimate of drug-likeness (QED) is 0.503. The van der Waals surface area contributed by atoms with Crippen LogP contribution in [-0.4, -0.2) is 28.5 Å². The van der Waals surface area contributed by atoms with E-state index in [1.807, 2.05) is 13.8 Å². The van der Waals surface area contributed by atoms with E-state index in [1.165, 1.54) is 6.07 Å². The Labute approximate surface area is 194 Å². The second kappa shape index (κ2) is 9.95. The lowest BCUT2D eigenvalue weighted by molar-refractivity contribution is 0.0939. The van der Waals surface area contributed by atoms with Gasteiger partial charge in [0.25, 0.3) is 15.9 Å². The topological polar surface area (TPSA) is 93.7 Å². The Morgan fingerprint density at radius 3 is 2.24 bits per heavy atom. The molecule has 0 saturated heterocycles. The lowest BCUT2D eigenvalue weighted by Crippen LogP contribution is -2.27. The highest BCUT2D eigenvalue weighted by molar-refractivity contribution is 7.92. The van der Waals surface area contributed by atoms with E-state index in [0.29, 0.717) is 28.3 Å². The Bertz CT molecular complexity index is 1250. The van der Waals surface area contributed by atoms with Crippen LogP contribution < -0.4 is 19.5 Å². The fourth-order valence-corrected chi connectivity index (χ4v) is 4.45. The number of carbonyl (C=O) groups is 1. The Balaban J connectivity index is 1.83.